The van der Waals surface area contributed by atoms with Gasteiger partial charge in [0.1, 0.15) is 11.5 Å². The zero-order chi connectivity index (χ0) is 12.3. The molecule has 90 valence electrons. The predicted octanol–water partition coefficient (Wildman–Crippen LogP) is 3.70. The Labute approximate surface area is 105 Å². The summed E-state index contributed by atoms with van der Waals surface area (Å²) in [5.41, 5.74) is 2.44. The van der Waals surface area contributed by atoms with Crippen LogP contribution < -0.4 is 0 Å². The molecule has 0 fully saturated rings. The van der Waals surface area contributed by atoms with Crippen LogP contribution in [0.4, 0.5) is 4.39 Å². The second kappa shape index (κ2) is 5.32. The average molecular weight is 253 g/mol. The van der Waals surface area contributed by atoms with Gasteiger partial charge in [0.2, 0.25) is 0 Å². The van der Waals surface area contributed by atoms with Crippen LogP contribution in [-0.2, 0) is 12.3 Å². The maximum atomic E-state index is 13.7. The normalized spacial score (nSPS) is 10.8. The maximum absolute atomic E-state index is 13.7. The molecule has 0 aliphatic heterocycles. The number of halogens is 2. The van der Waals surface area contributed by atoms with Gasteiger partial charge in [0.15, 0.2) is 0 Å². The fraction of sp³-hybridized carbons (Fsp3) is 0.308. The molecular weight excluding hydrogens is 239 g/mol. The van der Waals surface area contributed by atoms with Crippen LogP contribution in [0.1, 0.15) is 24.6 Å². The molecule has 1 heterocycles. The molecule has 2 rings (SSSR count). The summed E-state index contributed by atoms with van der Waals surface area (Å²) in [6, 6.07) is 6.63. The van der Waals surface area contributed by atoms with Crippen molar-refractivity contribution in [3.05, 3.63) is 47.5 Å². The molecule has 17 heavy (non-hydrogen) atoms. The Hall–Kier alpha value is -1.35. The number of hydrogen-bond acceptors (Lipinski definition) is 1. The van der Waals surface area contributed by atoms with E-state index < -0.39 is 0 Å². The number of aromatic nitrogens is 2. The Morgan fingerprint density at radius 3 is 2.76 bits per heavy atom. The van der Waals surface area contributed by atoms with E-state index >= 15 is 0 Å². The van der Waals surface area contributed by atoms with Crippen LogP contribution in [0.5, 0.6) is 0 Å². The summed E-state index contributed by atoms with van der Waals surface area (Å²) in [5.74, 6) is 0.137. The van der Waals surface area contributed by atoms with Crippen LogP contribution >= 0.6 is 11.6 Å². The van der Waals surface area contributed by atoms with E-state index in [-0.39, 0.29) is 5.82 Å². The highest BCUT2D eigenvalue weighted by atomic mass is 35.5. The monoisotopic (exact) mass is 252 g/mol. The Bertz CT molecular complexity index is 508. The summed E-state index contributed by atoms with van der Waals surface area (Å²) in [7, 11) is 0. The minimum Gasteiger partial charge on any atom is -0.235 e. The average Bonchev–Trinajstić information content (AvgIpc) is 2.73. The van der Waals surface area contributed by atoms with Crippen molar-refractivity contribution < 1.29 is 4.39 Å². The second-order valence-corrected chi connectivity index (χ2v) is 4.13. The molecule has 0 bridgehead atoms. The smallest absolute Gasteiger partial charge is 0.148 e. The lowest BCUT2D eigenvalue weighted by molar-refractivity contribution is 0.605. The molecule has 0 radical (unpaired) electrons. The molecule has 0 saturated carbocycles. The fourth-order valence-corrected chi connectivity index (χ4v) is 2.08. The van der Waals surface area contributed by atoms with E-state index in [0.717, 1.165) is 24.1 Å². The second-order valence-electron chi connectivity index (χ2n) is 3.86. The summed E-state index contributed by atoms with van der Waals surface area (Å²) in [6.07, 6.45) is 3.53. The highest BCUT2D eigenvalue weighted by Gasteiger charge is 2.13. The number of benzene rings is 1. The van der Waals surface area contributed by atoms with Crippen molar-refractivity contribution in [2.24, 2.45) is 0 Å². The van der Waals surface area contributed by atoms with Crippen LogP contribution in [-0.4, -0.2) is 9.78 Å². The Morgan fingerprint density at radius 2 is 2.12 bits per heavy atom. The van der Waals surface area contributed by atoms with Gasteiger partial charge in [-0.2, -0.15) is 5.10 Å². The van der Waals surface area contributed by atoms with E-state index in [0.29, 0.717) is 11.6 Å². The fourth-order valence-electron chi connectivity index (χ4n) is 1.85. The standard InChI is InChI=1S/C13H14ClFN2/c1-2-5-12-10(8-14)9-16-17(12)13-7-4-3-6-11(13)15/h3-4,6-7,9H,2,5,8H2,1H3. The number of hydrogen-bond donors (Lipinski definition) is 0. The van der Waals surface area contributed by atoms with E-state index in [1.165, 1.54) is 6.07 Å². The minimum absolute atomic E-state index is 0.269. The number of para-hydroxylation sites is 1. The maximum Gasteiger partial charge on any atom is 0.148 e. The molecule has 1 aromatic carbocycles. The van der Waals surface area contributed by atoms with Gasteiger partial charge in [0.25, 0.3) is 0 Å². The van der Waals surface area contributed by atoms with Crippen LogP contribution in [0.15, 0.2) is 30.5 Å². The van der Waals surface area contributed by atoms with E-state index in [4.69, 9.17) is 11.6 Å². The molecule has 2 aromatic rings. The highest BCUT2D eigenvalue weighted by Crippen LogP contribution is 2.20. The first kappa shape index (κ1) is 12.1. The first-order chi connectivity index (χ1) is 8.27. The van der Waals surface area contributed by atoms with Crippen molar-refractivity contribution in [1.29, 1.82) is 0 Å². The van der Waals surface area contributed by atoms with Gasteiger partial charge in [0, 0.05) is 11.3 Å². The predicted molar refractivity (Wildman–Crippen MR) is 67.1 cm³/mol. The molecule has 2 nitrogen and oxygen atoms in total. The molecule has 0 amide bonds. The molecule has 0 saturated heterocycles. The summed E-state index contributed by atoms with van der Waals surface area (Å²) in [4.78, 5) is 0. The molecule has 4 heteroatoms. The van der Waals surface area contributed by atoms with Gasteiger partial charge in [-0.1, -0.05) is 25.5 Å². The Morgan fingerprint density at radius 1 is 1.35 bits per heavy atom. The third-order valence-electron chi connectivity index (χ3n) is 2.67. The van der Waals surface area contributed by atoms with Crippen LogP contribution in [0.2, 0.25) is 0 Å². The van der Waals surface area contributed by atoms with Crippen molar-refractivity contribution in [3.8, 4) is 5.69 Å². The van der Waals surface area contributed by atoms with Gasteiger partial charge < -0.3 is 0 Å². The SMILES string of the molecule is CCCc1c(CCl)cnn1-c1ccccc1F. The van der Waals surface area contributed by atoms with Gasteiger partial charge in [-0.05, 0) is 18.6 Å². The lowest BCUT2D eigenvalue weighted by Crippen LogP contribution is -2.05. The van der Waals surface area contributed by atoms with Crippen LogP contribution in [0, 0.1) is 5.82 Å². The van der Waals surface area contributed by atoms with Gasteiger partial charge >= 0.3 is 0 Å². The van der Waals surface area contributed by atoms with E-state index in [9.17, 15) is 4.39 Å². The summed E-state index contributed by atoms with van der Waals surface area (Å²) in [5, 5.41) is 4.23. The van der Waals surface area contributed by atoms with Crippen molar-refractivity contribution in [2.45, 2.75) is 25.6 Å². The molecule has 0 aliphatic rings. The number of nitrogens with zero attached hydrogens (tertiary/aromatic N) is 2. The molecule has 0 aliphatic carbocycles. The van der Waals surface area contributed by atoms with Crippen molar-refractivity contribution in [2.75, 3.05) is 0 Å². The quantitative estimate of drug-likeness (QED) is 0.759. The van der Waals surface area contributed by atoms with Gasteiger partial charge in [-0.15, -0.1) is 11.6 Å². The van der Waals surface area contributed by atoms with Crippen LogP contribution in [0.3, 0.4) is 0 Å². The van der Waals surface area contributed by atoms with Crippen molar-refractivity contribution in [3.63, 3.8) is 0 Å². The molecule has 0 atom stereocenters. The molecule has 0 spiro atoms. The number of alkyl halides is 1. The van der Waals surface area contributed by atoms with Crippen LogP contribution in [0.25, 0.3) is 5.69 Å². The lowest BCUT2D eigenvalue weighted by Gasteiger charge is -2.08. The van der Waals surface area contributed by atoms with Crippen molar-refractivity contribution >= 4 is 11.6 Å². The zero-order valence-corrected chi connectivity index (χ0v) is 10.4. The minimum atomic E-state index is -0.269. The first-order valence-corrected chi connectivity index (χ1v) is 6.18. The third kappa shape index (κ3) is 2.34. The number of rotatable bonds is 4. The Kier molecular flexibility index (Phi) is 3.79. The summed E-state index contributed by atoms with van der Waals surface area (Å²) < 4.78 is 15.4. The van der Waals surface area contributed by atoms with Gasteiger partial charge in [-0.3, -0.25) is 0 Å². The Balaban J connectivity index is 2.52. The molecular formula is C13H14ClFN2. The van der Waals surface area contributed by atoms with Gasteiger partial charge in [-0.25, -0.2) is 9.07 Å². The van der Waals surface area contributed by atoms with Gasteiger partial charge in [0.05, 0.1) is 12.1 Å². The van der Waals surface area contributed by atoms with E-state index in [1.54, 1.807) is 29.1 Å². The summed E-state index contributed by atoms with van der Waals surface area (Å²) in [6.45, 7) is 2.08. The largest absolute Gasteiger partial charge is 0.235 e. The van der Waals surface area contributed by atoms with E-state index in [2.05, 4.69) is 12.0 Å². The molecule has 1 aromatic heterocycles. The molecule has 0 N–H and O–H groups in total. The summed E-state index contributed by atoms with van der Waals surface area (Å²) >= 11 is 5.86. The highest BCUT2D eigenvalue weighted by molar-refractivity contribution is 6.17. The molecule has 0 unspecified atom stereocenters. The van der Waals surface area contributed by atoms with E-state index in [1.807, 2.05) is 0 Å². The van der Waals surface area contributed by atoms with Crippen molar-refractivity contribution in [1.82, 2.24) is 9.78 Å². The third-order valence-corrected chi connectivity index (χ3v) is 2.95. The first-order valence-electron chi connectivity index (χ1n) is 5.64. The zero-order valence-electron chi connectivity index (χ0n) is 9.66. The lowest BCUT2D eigenvalue weighted by atomic mass is 10.2. The topological polar surface area (TPSA) is 17.8 Å².